The second kappa shape index (κ2) is 7.60. The Labute approximate surface area is 144 Å². The Kier molecular flexibility index (Phi) is 6.00. The molecule has 1 aliphatic carbocycles. The van der Waals surface area contributed by atoms with Gasteiger partial charge in [0, 0.05) is 25.4 Å². The van der Waals surface area contributed by atoms with Crippen molar-refractivity contribution in [2.75, 3.05) is 6.54 Å². The number of hydrogen-bond acceptors (Lipinski definition) is 3. The summed E-state index contributed by atoms with van der Waals surface area (Å²) in [6.07, 6.45) is 6.29. The quantitative estimate of drug-likeness (QED) is 0.776. The first kappa shape index (κ1) is 18.2. The van der Waals surface area contributed by atoms with E-state index in [1.165, 1.54) is 25.7 Å². The highest BCUT2D eigenvalue weighted by molar-refractivity contribution is 7.71. The van der Waals surface area contributed by atoms with Crippen molar-refractivity contribution in [3.05, 3.63) is 10.6 Å². The van der Waals surface area contributed by atoms with Gasteiger partial charge in [-0.05, 0) is 50.2 Å². The molecule has 0 saturated heterocycles. The molecule has 6 heteroatoms. The summed E-state index contributed by atoms with van der Waals surface area (Å²) in [6, 6.07) is 0.273. The number of aromatic nitrogens is 3. The second-order valence-corrected chi connectivity index (χ2v) is 8.03. The van der Waals surface area contributed by atoms with Crippen molar-refractivity contribution < 1.29 is 4.79 Å². The molecular formula is C17H30N4OS. The molecule has 0 unspecified atom stereocenters. The van der Waals surface area contributed by atoms with Gasteiger partial charge in [-0.3, -0.25) is 9.89 Å². The van der Waals surface area contributed by atoms with E-state index in [2.05, 4.69) is 43.2 Å². The minimum atomic E-state index is 0.162. The van der Waals surface area contributed by atoms with Crippen LogP contribution in [0.5, 0.6) is 0 Å². The van der Waals surface area contributed by atoms with Gasteiger partial charge in [0.05, 0.1) is 0 Å². The Hall–Kier alpha value is -1.17. The van der Waals surface area contributed by atoms with E-state index in [9.17, 15) is 4.79 Å². The molecule has 2 N–H and O–H groups in total. The normalized spacial score (nSPS) is 20.7. The number of hydrogen-bond donors (Lipinski definition) is 2. The summed E-state index contributed by atoms with van der Waals surface area (Å²) in [6.45, 7) is 9.37. The van der Waals surface area contributed by atoms with Crippen LogP contribution in [0.15, 0.2) is 0 Å². The van der Waals surface area contributed by atoms with Gasteiger partial charge < -0.3 is 9.88 Å². The van der Waals surface area contributed by atoms with Gasteiger partial charge >= 0.3 is 0 Å². The first-order chi connectivity index (χ1) is 10.8. The highest BCUT2D eigenvalue weighted by Crippen LogP contribution is 2.42. The Bertz CT molecular complexity index is 588. The molecule has 0 aliphatic heterocycles. The third-order valence-corrected chi connectivity index (χ3v) is 5.41. The van der Waals surface area contributed by atoms with Gasteiger partial charge in [-0.1, -0.05) is 26.7 Å². The number of aromatic amines is 1. The van der Waals surface area contributed by atoms with Crippen LogP contribution >= 0.6 is 12.2 Å². The van der Waals surface area contributed by atoms with E-state index in [0.29, 0.717) is 30.1 Å². The molecule has 0 spiro atoms. The Morgan fingerprint density at radius 2 is 2.22 bits per heavy atom. The van der Waals surface area contributed by atoms with Crippen molar-refractivity contribution in [3.63, 3.8) is 0 Å². The van der Waals surface area contributed by atoms with Crippen LogP contribution in [0.2, 0.25) is 0 Å². The molecule has 5 nitrogen and oxygen atoms in total. The van der Waals surface area contributed by atoms with Crippen LogP contribution < -0.4 is 5.32 Å². The third-order valence-electron chi connectivity index (χ3n) is 5.13. The number of nitrogens with one attached hydrogen (secondary N) is 2. The summed E-state index contributed by atoms with van der Waals surface area (Å²) >= 11 is 5.24. The van der Waals surface area contributed by atoms with Gasteiger partial charge in [0.1, 0.15) is 5.82 Å². The number of H-pyrrole nitrogens is 1. The average molecular weight is 339 g/mol. The van der Waals surface area contributed by atoms with Crippen molar-refractivity contribution in [2.45, 2.75) is 72.3 Å². The van der Waals surface area contributed by atoms with Crippen molar-refractivity contribution in [1.82, 2.24) is 20.1 Å². The molecule has 2 rings (SSSR count). The summed E-state index contributed by atoms with van der Waals surface area (Å²) in [4.78, 5) is 12.2. The molecule has 1 heterocycles. The minimum absolute atomic E-state index is 0.162. The standard InChI is InChI=1S/C17H30N4OS/c1-12(2)21-14(19-20-16(21)23)8-10-18-15(22)11-13-7-5-6-9-17(13,3)4/h12-13H,5-11H2,1-4H3,(H,18,22)(H,20,23)/t13-/m1/s1. The SMILES string of the molecule is CC(C)n1c(CCNC(=O)C[C@H]2CCCCC2(C)C)n[nH]c1=S. The molecule has 0 radical (unpaired) electrons. The van der Waals surface area contributed by atoms with E-state index >= 15 is 0 Å². The summed E-state index contributed by atoms with van der Waals surface area (Å²) in [5.74, 6) is 1.57. The highest BCUT2D eigenvalue weighted by Gasteiger charge is 2.33. The molecule has 1 aromatic rings. The molecule has 23 heavy (non-hydrogen) atoms. The summed E-state index contributed by atoms with van der Waals surface area (Å²) in [5.41, 5.74) is 0.287. The van der Waals surface area contributed by atoms with Gasteiger partial charge in [0.15, 0.2) is 4.77 Å². The van der Waals surface area contributed by atoms with Crippen LogP contribution in [0.3, 0.4) is 0 Å². The number of amides is 1. The first-order valence-corrected chi connectivity index (χ1v) is 9.14. The van der Waals surface area contributed by atoms with Crippen LogP contribution in [0.1, 0.15) is 71.7 Å². The lowest BCUT2D eigenvalue weighted by molar-refractivity contribution is -0.123. The third kappa shape index (κ3) is 4.66. The maximum Gasteiger partial charge on any atom is 0.220 e. The zero-order valence-electron chi connectivity index (χ0n) is 14.8. The van der Waals surface area contributed by atoms with E-state index < -0.39 is 0 Å². The van der Waals surface area contributed by atoms with Crippen LogP contribution in [0.4, 0.5) is 0 Å². The van der Waals surface area contributed by atoms with Gasteiger partial charge in [-0.15, -0.1) is 0 Å². The molecule has 1 amide bonds. The fourth-order valence-corrected chi connectivity index (χ4v) is 3.96. The molecule has 1 fully saturated rings. The lowest BCUT2D eigenvalue weighted by atomic mass is 9.67. The maximum atomic E-state index is 12.2. The Morgan fingerprint density at radius 1 is 1.48 bits per heavy atom. The van der Waals surface area contributed by atoms with Crippen LogP contribution in [0, 0.1) is 16.1 Å². The largest absolute Gasteiger partial charge is 0.356 e. The molecular weight excluding hydrogens is 308 g/mol. The molecule has 0 aromatic carbocycles. The lowest BCUT2D eigenvalue weighted by Crippen LogP contribution is -2.34. The predicted octanol–water partition coefficient (Wildman–Crippen LogP) is 3.79. The molecule has 1 saturated carbocycles. The number of rotatable bonds is 6. The highest BCUT2D eigenvalue weighted by atomic mass is 32.1. The van der Waals surface area contributed by atoms with Crippen molar-refractivity contribution >= 4 is 18.1 Å². The first-order valence-electron chi connectivity index (χ1n) is 8.73. The van der Waals surface area contributed by atoms with Gasteiger partial charge in [0.25, 0.3) is 0 Å². The smallest absolute Gasteiger partial charge is 0.220 e. The fraction of sp³-hybridized carbons (Fsp3) is 0.824. The van der Waals surface area contributed by atoms with Crippen LogP contribution in [-0.2, 0) is 11.2 Å². The van der Waals surface area contributed by atoms with Crippen LogP contribution in [-0.4, -0.2) is 27.2 Å². The Morgan fingerprint density at radius 3 is 2.87 bits per heavy atom. The van der Waals surface area contributed by atoms with Crippen molar-refractivity contribution in [1.29, 1.82) is 0 Å². The topological polar surface area (TPSA) is 62.7 Å². The van der Waals surface area contributed by atoms with E-state index in [1.807, 2.05) is 4.57 Å². The Balaban J connectivity index is 1.82. The predicted molar refractivity (Wildman–Crippen MR) is 94.9 cm³/mol. The zero-order valence-corrected chi connectivity index (χ0v) is 15.6. The summed E-state index contributed by atoms with van der Waals surface area (Å²) in [7, 11) is 0. The zero-order chi connectivity index (χ0) is 17.0. The van der Waals surface area contributed by atoms with Gasteiger partial charge in [0.2, 0.25) is 5.91 Å². The van der Waals surface area contributed by atoms with E-state index in [0.717, 1.165) is 5.82 Å². The van der Waals surface area contributed by atoms with E-state index in [-0.39, 0.29) is 17.4 Å². The fourth-order valence-electron chi connectivity index (χ4n) is 3.60. The van der Waals surface area contributed by atoms with Gasteiger partial charge in [-0.25, -0.2) is 0 Å². The summed E-state index contributed by atoms with van der Waals surface area (Å²) < 4.78 is 2.65. The molecule has 1 atom stereocenters. The lowest BCUT2D eigenvalue weighted by Gasteiger charge is -2.38. The molecule has 1 aromatic heterocycles. The number of carbonyl (C=O) groups is 1. The number of nitrogens with zero attached hydrogens (tertiary/aromatic N) is 2. The van der Waals surface area contributed by atoms with E-state index in [4.69, 9.17) is 12.2 Å². The van der Waals surface area contributed by atoms with Crippen molar-refractivity contribution in [3.8, 4) is 0 Å². The molecule has 1 aliphatic rings. The van der Waals surface area contributed by atoms with E-state index in [1.54, 1.807) is 0 Å². The van der Waals surface area contributed by atoms with Gasteiger partial charge in [-0.2, -0.15) is 5.10 Å². The number of carbonyl (C=O) groups excluding carboxylic acids is 1. The second-order valence-electron chi connectivity index (χ2n) is 7.64. The van der Waals surface area contributed by atoms with Crippen LogP contribution in [0.25, 0.3) is 0 Å². The molecule has 0 bridgehead atoms. The minimum Gasteiger partial charge on any atom is -0.356 e. The van der Waals surface area contributed by atoms with Crippen molar-refractivity contribution in [2.24, 2.45) is 11.3 Å². The average Bonchev–Trinajstić information content (AvgIpc) is 2.82. The molecule has 130 valence electrons. The monoisotopic (exact) mass is 338 g/mol. The summed E-state index contributed by atoms with van der Waals surface area (Å²) in [5, 5.41) is 10.2. The maximum absolute atomic E-state index is 12.2.